The molecule has 27 heavy (non-hydrogen) atoms. The summed E-state index contributed by atoms with van der Waals surface area (Å²) in [6, 6.07) is 11.3. The highest BCUT2D eigenvalue weighted by atomic mass is 79.9. The van der Waals surface area contributed by atoms with Crippen LogP contribution in [0.25, 0.3) is 6.08 Å². The molecule has 0 saturated heterocycles. The third-order valence-corrected chi connectivity index (χ3v) is 4.74. The summed E-state index contributed by atoms with van der Waals surface area (Å²) in [7, 11) is 1.60. The predicted octanol–water partition coefficient (Wildman–Crippen LogP) is 4.51. The van der Waals surface area contributed by atoms with Gasteiger partial charge in [-0.05, 0) is 48.9 Å². The highest BCUT2D eigenvalue weighted by Crippen LogP contribution is 2.34. The fourth-order valence-corrected chi connectivity index (χ4v) is 3.35. The molecule has 5 nitrogen and oxygen atoms in total. The third kappa shape index (κ3) is 4.83. The van der Waals surface area contributed by atoms with Gasteiger partial charge in [0.1, 0.15) is 5.75 Å². The van der Waals surface area contributed by atoms with E-state index in [-0.39, 0.29) is 11.9 Å². The summed E-state index contributed by atoms with van der Waals surface area (Å²) in [6.45, 7) is 3.04. The Hall–Kier alpha value is -2.47. The van der Waals surface area contributed by atoms with Gasteiger partial charge in [0, 0.05) is 22.5 Å². The van der Waals surface area contributed by atoms with Gasteiger partial charge < -0.3 is 19.5 Å². The lowest BCUT2D eigenvalue weighted by Gasteiger charge is -2.26. The summed E-state index contributed by atoms with van der Waals surface area (Å²) < 4.78 is 17.5. The highest BCUT2D eigenvalue weighted by molar-refractivity contribution is 9.10. The summed E-state index contributed by atoms with van der Waals surface area (Å²) in [5.74, 6) is 1.99. The predicted molar refractivity (Wildman–Crippen MR) is 108 cm³/mol. The fraction of sp³-hybridized carbons (Fsp3) is 0.286. The summed E-state index contributed by atoms with van der Waals surface area (Å²) in [4.78, 5) is 12.4. The Morgan fingerprint density at radius 3 is 2.93 bits per heavy atom. The molecule has 0 bridgehead atoms. The van der Waals surface area contributed by atoms with Gasteiger partial charge >= 0.3 is 0 Å². The van der Waals surface area contributed by atoms with Crippen LogP contribution in [-0.4, -0.2) is 26.2 Å². The Kier molecular flexibility index (Phi) is 6.40. The van der Waals surface area contributed by atoms with Gasteiger partial charge in [-0.1, -0.05) is 22.0 Å². The second-order valence-corrected chi connectivity index (χ2v) is 6.97. The fourth-order valence-electron chi connectivity index (χ4n) is 2.97. The second-order valence-electron chi connectivity index (χ2n) is 6.06. The maximum absolute atomic E-state index is 12.4. The molecule has 1 unspecified atom stereocenters. The first-order valence-corrected chi connectivity index (χ1v) is 9.61. The van der Waals surface area contributed by atoms with E-state index in [9.17, 15) is 4.79 Å². The minimum absolute atomic E-state index is 0.0711. The standard InChI is InChI=1S/C21H22BrNO4/c1-3-26-20-12-14(4-7-19(20)25-2)5-9-21(24)23-17-10-11-27-18-8-6-15(22)13-16(17)18/h4-9,12-13,17H,3,10-11H2,1-2H3,(H,23,24)/b9-5+. The lowest BCUT2D eigenvalue weighted by atomic mass is 10.0. The van der Waals surface area contributed by atoms with Crippen molar-refractivity contribution in [1.29, 1.82) is 0 Å². The molecule has 1 aliphatic heterocycles. The molecule has 2 aromatic carbocycles. The van der Waals surface area contributed by atoms with Gasteiger partial charge in [0.2, 0.25) is 5.91 Å². The number of hydrogen-bond donors (Lipinski definition) is 1. The smallest absolute Gasteiger partial charge is 0.244 e. The minimum Gasteiger partial charge on any atom is -0.493 e. The van der Waals surface area contributed by atoms with Crippen molar-refractivity contribution in [2.45, 2.75) is 19.4 Å². The average molecular weight is 432 g/mol. The molecule has 0 aliphatic carbocycles. The monoisotopic (exact) mass is 431 g/mol. The van der Waals surface area contributed by atoms with E-state index in [2.05, 4.69) is 21.2 Å². The topological polar surface area (TPSA) is 56.8 Å². The lowest BCUT2D eigenvalue weighted by molar-refractivity contribution is -0.117. The average Bonchev–Trinajstić information content (AvgIpc) is 2.67. The molecule has 1 N–H and O–H groups in total. The van der Waals surface area contributed by atoms with Gasteiger partial charge in [-0.3, -0.25) is 4.79 Å². The summed E-state index contributed by atoms with van der Waals surface area (Å²) in [5.41, 5.74) is 1.85. The molecule has 0 fully saturated rings. The number of amides is 1. The number of methoxy groups -OCH3 is 1. The molecular weight excluding hydrogens is 410 g/mol. The van der Waals surface area contributed by atoms with Gasteiger partial charge in [0.15, 0.2) is 11.5 Å². The van der Waals surface area contributed by atoms with Gasteiger partial charge in [0.25, 0.3) is 0 Å². The maximum Gasteiger partial charge on any atom is 0.244 e. The SMILES string of the molecule is CCOc1cc(/C=C/C(=O)NC2CCOc3ccc(Br)cc32)ccc1OC. The number of nitrogens with one attached hydrogen (secondary N) is 1. The van der Waals surface area contributed by atoms with Crippen molar-refractivity contribution in [3.63, 3.8) is 0 Å². The highest BCUT2D eigenvalue weighted by Gasteiger charge is 2.22. The van der Waals surface area contributed by atoms with Crippen molar-refractivity contribution < 1.29 is 19.0 Å². The van der Waals surface area contributed by atoms with E-state index in [1.807, 2.05) is 43.3 Å². The zero-order valence-electron chi connectivity index (χ0n) is 15.3. The summed E-state index contributed by atoms with van der Waals surface area (Å²) >= 11 is 3.47. The first-order valence-electron chi connectivity index (χ1n) is 8.82. The molecule has 1 aliphatic rings. The number of ether oxygens (including phenoxy) is 3. The van der Waals surface area contributed by atoms with E-state index in [4.69, 9.17) is 14.2 Å². The number of fused-ring (bicyclic) bond motifs is 1. The Balaban J connectivity index is 1.70. The van der Waals surface area contributed by atoms with Crippen LogP contribution in [0.1, 0.15) is 30.5 Å². The summed E-state index contributed by atoms with van der Waals surface area (Å²) in [5, 5.41) is 3.05. The van der Waals surface area contributed by atoms with Gasteiger partial charge in [-0.25, -0.2) is 0 Å². The van der Waals surface area contributed by atoms with E-state index in [1.165, 1.54) is 6.08 Å². The van der Waals surface area contributed by atoms with Crippen LogP contribution < -0.4 is 19.5 Å². The van der Waals surface area contributed by atoms with Crippen molar-refractivity contribution in [3.05, 3.63) is 58.1 Å². The van der Waals surface area contributed by atoms with Gasteiger partial charge in [-0.15, -0.1) is 0 Å². The number of benzene rings is 2. The number of carbonyl (C=O) groups is 1. The van der Waals surface area contributed by atoms with Crippen LogP contribution in [0.3, 0.4) is 0 Å². The number of rotatable bonds is 6. The molecule has 142 valence electrons. The molecule has 6 heteroatoms. The number of hydrogen-bond acceptors (Lipinski definition) is 4. The molecular formula is C21H22BrNO4. The maximum atomic E-state index is 12.4. The molecule has 3 rings (SSSR count). The van der Waals surface area contributed by atoms with E-state index in [1.54, 1.807) is 13.2 Å². The van der Waals surface area contributed by atoms with Crippen LogP contribution in [0.15, 0.2) is 46.9 Å². The first-order chi connectivity index (χ1) is 13.1. The molecule has 1 amide bonds. The van der Waals surface area contributed by atoms with Crippen LogP contribution in [-0.2, 0) is 4.79 Å². The van der Waals surface area contributed by atoms with Crippen LogP contribution in [0.5, 0.6) is 17.2 Å². The van der Waals surface area contributed by atoms with Crippen molar-refractivity contribution >= 4 is 27.9 Å². The second kappa shape index (κ2) is 8.95. The van der Waals surface area contributed by atoms with Crippen molar-refractivity contribution in [2.75, 3.05) is 20.3 Å². The Morgan fingerprint density at radius 2 is 2.15 bits per heavy atom. The quantitative estimate of drug-likeness (QED) is 0.683. The normalized spacial score (nSPS) is 15.7. The van der Waals surface area contributed by atoms with Gasteiger partial charge in [-0.2, -0.15) is 0 Å². The summed E-state index contributed by atoms with van der Waals surface area (Å²) in [6.07, 6.45) is 4.03. The van der Waals surface area contributed by atoms with E-state index in [0.29, 0.717) is 24.7 Å². The molecule has 1 heterocycles. The molecule has 2 aromatic rings. The van der Waals surface area contributed by atoms with Crippen molar-refractivity contribution in [3.8, 4) is 17.2 Å². The Morgan fingerprint density at radius 1 is 1.30 bits per heavy atom. The number of halogens is 1. The molecule has 0 saturated carbocycles. The first kappa shape index (κ1) is 19.3. The van der Waals surface area contributed by atoms with Crippen LogP contribution in [0.2, 0.25) is 0 Å². The molecule has 0 spiro atoms. The van der Waals surface area contributed by atoms with Crippen LogP contribution >= 0.6 is 15.9 Å². The minimum atomic E-state index is -0.151. The van der Waals surface area contributed by atoms with E-state index in [0.717, 1.165) is 27.8 Å². The van der Waals surface area contributed by atoms with Crippen molar-refractivity contribution in [1.82, 2.24) is 5.32 Å². The zero-order valence-corrected chi connectivity index (χ0v) is 16.9. The van der Waals surface area contributed by atoms with Gasteiger partial charge in [0.05, 0.1) is 26.4 Å². The van der Waals surface area contributed by atoms with Crippen molar-refractivity contribution in [2.24, 2.45) is 0 Å². The van der Waals surface area contributed by atoms with Crippen LogP contribution in [0, 0.1) is 0 Å². The molecule has 0 radical (unpaired) electrons. The van der Waals surface area contributed by atoms with E-state index < -0.39 is 0 Å². The third-order valence-electron chi connectivity index (χ3n) is 4.24. The van der Waals surface area contributed by atoms with Crippen LogP contribution in [0.4, 0.5) is 0 Å². The molecule has 1 atom stereocenters. The van der Waals surface area contributed by atoms with E-state index >= 15 is 0 Å². The lowest BCUT2D eigenvalue weighted by Crippen LogP contribution is -2.31. The Labute approximate surface area is 167 Å². The largest absolute Gasteiger partial charge is 0.493 e. The molecule has 0 aromatic heterocycles. The zero-order chi connectivity index (χ0) is 19.2. The number of carbonyl (C=O) groups excluding carboxylic acids is 1. The Bertz CT molecular complexity index is 850.